The SMILES string of the molecule is CNC(=O)N1CCC([C@@H](C)N2CC[C@@H](Cc3cn(-c4ccc(F)cc4C(=O)N(C)C(C)C)c4cncc(C)c34)C2)CC1. The van der Waals surface area contributed by atoms with Crippen molar-refractivity contribution in [3.05, 3.63) is 59.3 Å². The Kier molecular flexibility index (Phi) is 8.87. The Morgan fingerprint density at radius 3 is 2.55 bits per heavy atom. The molecule has 0 saturated carbocycles. The van der Waals surface area contributed by atoms with Gasteiger partial charge in [0.1, 0.15) is 5.82 Å². The largest absolute Gasteiger partial charge is 0.341 e. The van der Waals surface area contributed by atoms with E-state index >= 15 is 0 Å². The summed E-state index contributed by atoms with van der Waals surface area (Å²) in [5, 5.41) is 3.91. The maximum atomic E-state index is 14.4. The Bertz CT molecular complexity index is 1440. The molecular formula is C33H45FN6O2. The van der Waals surface area contributed by atoms with Crippen LogP contribution in [0.2, 0.25) is 0 Å². The molecule has 2 fully saturated rings. The Hall–Kier alpha value is -3.46. The number of nitrogens with one attached hydrogen (secondary N) is 1. The molecule has 1 aromatic carbocycles. The van der Waals surface area contributed by atoms with Crippen LogP contribution in [0.25, 0.3) is 16.6 Å². The zero-order valence-electron chi connectivity index (χ0n) is 25.9. The number of nitrogens with zero attached hydrogens (tertiary/aromatic N) is 5. The average Bonchev–Trinajstić information content (AvgIpc) is 3.61. The lowest BCUT2D eigenvalue weighted by Crippen LogP contribution is -2.47. The zero-order chi connectivity index (χ0) is 30.1. The molecule has 226 valence electrons. The first kappa shape index (κ1) is 30.0. The van der Waals surface area contributed by atoms with Gasteiger partial charge in [0.15, 0.2) is 0 Å². The van der Waals surface area contributed by atoms with Crippen LogP contribution < -0.4 is 5.32 Å². The maximum absolute atomic E-state index is 14.4. The molecule has 0 bridgehead atoms. The number of rotatable bonds is 7. The van der Waals surface area contributed by atoms with Crippen LogP contribution in [0.5, 0.6) is 0 Å². The number of pyridine rings is 1. The number of likely N-dealkylation sites (tertiary alicyclic amines) is 2. The second kappa shape index (κ2) is 12.4. The van der Waals surface area contributed by atoms with Crippen LogP contribution in [-0.2, 0) is 6.42 Å². The number of hydrogen-bond acceptors (Lipinski definition) is 4. The third-order valence-electron chi connectivity index (χ3n) is 9.65. The van der Waals surface area contributed by atoms with Crippen LogP contribution in [0.1, 0.15) is 61.5 Å². The molecule has 4 heterocycles. The molecule has 2 atom stereocenters. The van der Waals surface area contributed by atoms with Crippen molar-refractivity contribution in [2.75, 3.05) is 40.3 Å². The van der Waals surface area contributed by atoms with Crippen molar-refractivity contribution in [1.82, 2.24) is 29.6 Å². The Balaban J connectivity index is 1.37. The second-order valence-electron chi connectivity index (χ2n) is 12.5. The summed E-state index contributed by atoms with van der Waals surface area (Å²) in [7, 11) is 3.45. The van der Waals surface area contributed by atoms with Crippen molar-refractivity contribution in [3.63, 3.8) is 0 Å². The fourth-order valence-electron chi connectivity index (χ4n) is 6.86. The molecule has 2 aliphatic heterocycles. The highest BCUT2D eigenvalue weighted by Gasteiger charge is 2.33. The number of benzene rings is 1. The topological polar surface area (TPSA) is 73.7 Å². The lowest BCUT2D eigenvalue weighted by Gasteiger charge is -2.38. The minimum absolute atomic E-state index is 0.00872. The normalized spacial score (nSPS) is 19.0. The van der Waals surface area contributed by atoms with Gasteiger partial charge in [-0.05, 0) is 101 Å². The van der Waals surface area contributed by atoms with Gasteiger partial charge < -0.3 is 24.6 Å². The molecule has 0 radical (unpaired) electrons. The van der Waals surface area contributed by atoms with E-state index in [1.807, 2.05) is 35.7 Å². The van der Waals surface area contributed by atoms with Crippen LogP contribution in [-0.4, -0.2) is 88.5 Å². The monoisotopic (exact) mass is 576 g/mol. The van der Waals surface area contributed by atoms with Crippen molar-refractivity contribution < 1.29 is 14.0 Å². The Labute approximate surface area is 248 Å². The predicted molar refractivity (Wildman–Crippen MR) is 165 cm³/mol. The van der Waals surface area contributed by atoms with Crippen LogP contribution in [0.4, 0.5) is 9.18 Å². The summed E-state index contributed by atoms with van der Waals surface area (Å²) < 4.78 is 16.5. The van der Waals surface area contributed by atoms with Gasteiger partial charge in [-0.15, -0.1) is 0 Å². The number of halogens is 1. The van der Waals surface area contributed by atoms with Gasteiger partial charge in [-0.3, -0.25) is 9.78 Å². The van der Waals surface area contributed by atoms with E-state index in [-0.39, 0.29) is 18.0 Å². The molecule has 0 unspecified atom stereocenters. The van der Waals surface area contributed by atoms with Gasteiger partial charge in [0.2, 0.25) is 0 Å². The highest BCUT2D eigenvalue weighted by Crippen LogP contribution is 2.34. The van der Waals surface area contributed by atoms with E-state index in [2.05, 4.69) is 35.2 Å². The summed E-state index contributed by atoms with van der Waals surface area (Å²) in [6.07, 6.45) is 10.0. The second-order valence-corrected chi connectivity index (χ2v) is 12.5. The van der Waals surface area contributed by atoms with Crippen molar-refractivity contribution in [1.29, 1.82) is 0 Å². The molecule has 2 aromatic heterocycles. The lowest BCUT2D eigenvalue weighted by molar-refractivity contribution is 0.0754. The fourth-order valence-corrected chi connectivity index (χ4v) is 6.86. The van der Waals surface area contributed by atoms with E-state index in [4.69, 9.17) is 0 Å². The van der Waals surface area contributed by atoms with Gasteiger partial charge >= 0.3 is 6.03 Å². The number of aryl methyl sites for hydroxylation is 1. The highest BCUT2D eigenvalue weighted by molar-refractivity contribution is 5.99. The zero-order valence-corrected chi connectivity index (χ0v) is 25.9. The molecule has 0 spiro atoms. The quantitative estimate of drug-likeness (QED) is 0.417. The van der Waals surface area contributed by atoms with E-state index in [1.165, 1.54) is 17.7 Å². The molecule has 42 heavy (non-hydrogen) atoms. The maximum Gasteiger partial charge on any atom is 0.317 e. The van der Waals surface area contributed by atoms with Gasteiger partial charge in [0.25, 0.3) is 5.91 Å². The van der Waals surface area contributed by atoms with E-state index in [9.17, 15) is 14.0 Å². The summed E-state index contributed by atoms with van der Waals surface area (Å²) in [4.78, 5) is 36.1. The first-order valence-electron chi connectivity index (χ1n) is 15.3. The molecule has 2 aliphatic rings. The summed E-state index contributed by atoms with van der Waals surface area (Å²) in [6, 6.07) is 4.98. The van der Waals surface area contributed by atoms with Crippen molar-refractivity contribution >= 4 is 22.8 Å². The third kappa shape index (κ3) is 5.89. The Morgan fingerprint density at radius 2 is 1.86 bits per heavy atom. The number of fused-ring (bicyclic) bond motifs is 1. The molecule has 3 aromatic rings. The number of piperidine rings is 1. The molecule has 9 heteroatoms. The number of carbonyl (C=O) groups excluding carboxylic acids is 2. The standard InChI is InChI=1S/C33H45FN6O2/c1-21(2)37(6)32(41)28-16-27(34)7-8-29(28)40-20-26(31-22(3)17-36-18-30(31)40)15-24-9-12-39(19-24)23(4)25-10-13-38(14-11-25)33(42)35-5/h7-8,16-18,20-21,23-25H,9-15,19H2,1-6H3,(H,35,42)/t23-,24+/m1/s1. The van der Waals surface area contributed by atoms with Gasteiger partial charge in [-0.25, -0.2) is 9.18 Å². The first-order chi connectivity index (χ1) is 20.1. The van der Waals surface area contributed by atoms with E-state index < -0.39 is 5.82 Å². The van der Waals surface area contributed by atoms with Gasteiger partial charge in [-0.2, -0.15) is 0 Å². The first-order valence-corrected chi connectivity index (χ1v) is 15.3. The smallest absolute Gasteiger partial charge is 0.317 e. The number of aromatic nitrogens is 2. The van der Waals surface area contributed by atoms with E-state index in [0.29, 0.717) is 29.1 Å². The number of carbonyl (C=O) groups is 2. The minimum atomic E-state index is -0.426. The number of hydrogen-bond donors (Lipinski definition) is 1. The number of urea groups is 1. The van der Waals surface area contributed by atoms with Crippen molar-refractivity contribution in [2.24, 2.45) is 11.8 Å². The lowest BCUT2D eigenvalue weighted by atomic mass is 9.89. The minimum Gasteiger partial charge on any atom is -0.341 e. The average molecular weight is 577 g/mol. The summed E-state index contributed by atoms with van der Waals surface area (Å²) in [5.74, 6) is 0.486. The van der Waals surface area contributed by atoms with Crippen molar-refractivity contribution in [2.45, 2.75) is 65.5 Å². The molecule has 8 nitrogen and oxygen atoms in total. The van der Waals surface area contributed by atoms with Crippen molar-refractivity contribution in [3.8, 4) is 5.69 Å². The predicted octanol–water partition coefficient (Wildman–Crippen LogP) is 5.26. The highest BCUT2D eigenvalue weighted by atomic mass is 19.1. The molecular weight excluding hydrogens is 531 g/mol. The summed E-state index contributed by atoms with van der Waals surface area (Å²) in [5.41, 5.74) is 4.29. The molecule has 3 amide bonds. The third-order valence-corrected chi connectivity index (χ3v) is 9.65. The fraction of sp³-hybridized carbons (Fsp3) is 0.545. The van der Waals surface area contributed by atoms with E-state index in [1.54, 1.807) is 25.1 Å². The van der Waals surface area contributed by atoms with Gasteiger partial charge in [0.05, 0.1) is 23.0 Å². The Morgan fingerprint density at radius 1 is 1.12 bits per heavy atom. The molecule has 1 N–H and O–H groups in total. The van der Waals surface area contributed by atoms with Crippen LogP contribution >= 0.6 is 0 Å². The van der Waals surface area contributed by atoms with Gasteiger partial charge in [0, 0.05) is 63.6 Å². The van der Waals surface area contributed by atoms with Gasteiger partial charge in [-0.1, -0.05) is 0 Å². The molecule has 2 saturated heterocycles. The van der Waals surface area contributed by atoms with E-state index in [0.717, 1.165) is 68.3 Å². The molecule has 5 rings (SSSR count). The number of amides is 3. The van der Waals surface area contributed by atoms with Crippen LogP contribution in [0, 0.1) is 24.6 Å². The summed E-state index contributed by atoms with van der Waals surface area (Å²) in [6.45, 7) is 12.1. The van der Waals surface area contributed by atoms with Crippen LogP contribution in [0.15, 0.2) is 36.8 Å². The summed E-state index contributed by atoms with van der Waals surface area (Å²) >= 11 is 0. The van der Waals surface area contributed by atoms with Crippen LogP contribution in [0.3, 0.4) is 0 Å². The molecule has 0 aliphatic carbocycles.